The summed E-state index contributed by atoms with van der Waals surface area (Å²) in [6, 6.07) is 21.9. The summed E-state index contributed by atoms with van der Waals surface area (Å²) in [5, 5.41) is 10.2. The molecule has 2 heterocycles. The molecule has 2 aromatic carbocycles. The number of aliphatic hydroxyl groups is 1. The van der Waals surface area contributed by atoms with Crippen LogP contribution in [0.1, 0.15) is 42.9 Å². The van der Waals surface area contributed by atoms with E-state index < -0.39 is 0 Å². The van der Waals surface area contributed by atoms with Crippen LogP contribution in [0.2, 0.25) is 0 Å². The molecule has 2 unspecified atom stereocenters. The SMILES string of the molecule is OCC1(CCCc2ccccc2)CCN(CC2CNNC2c2ccccc2)CC1. The van der Waals surface area contributed by atoms with Crippen molar-refractivity contribution in [1.82, 2.24) is 15.8 Å². The second kappa shape index (κ2) is 9.86. The molecule has 4 nitrogen and oxygen atoms in total. The van der Waals surface area contributed by atoms with Crippen LogP contribution < -0.4 is 10.9 Å². The molecule has 2 atom stereocenters. The fraction of sp³-hybridized carbons (Fsp3) is 0.520. The summed E-state index contributed by atoms with van der Waals surface area (Å²) in [4.78, 5) is 2.61. The van der Waals surface area contributed by atoms with Gasteiger partial charge < -0.3 is 10.0 Å². The van der Waals surface area contributed by atoms with E-state index in [1.54, 1.807) is 0 Å². The molecule has 2 saturated heterocycles. The lowest BCUT2D eigenvalue weighted by atomic mass is 9.74. The summed E-state index contributed by atoms with van der Waals surface area (Å²) in [6.07, 6.45) is 5.64. The van der Waals surface area contributed by atoms with Gasteiger partial charge in [0.25, 0.3) is 0 Å². The molecule has 2 aromatic rings. The van der Waals surface area contributed by atoms with Crippen LogP contribution >= 0.6 is 0 Å². The third-order valence-corrected chi connectivity index (χ3v) is 7.01. The van der Waals surface area contributed by atoms with Crippen LogP contribution in [0.5, 0.6) is 0 Å². The lowest BCUT2D eigenvalue weighted by Crippen LogP contribution is -2.44. The average molecular weight is 394 g/mol. The minimum atomic E-state index is 0.121. The maximum Gasteiger partial charge on any atom is 0.0515 e. The maximum atomic E-state index is 10.2. The second-order valence-corrected chi connectivity index (χ2v) is 8.97. The number of rotatable bonds is 8. The van der Waals surface area contributed by atoms with Gasteiger partial charge in [-0.15, -0.1) is 0 Å². The molecular weight excluding hydrogens is 358 g/mol. The highest BCUT2D eigenvalue weighted by Crippen LogP contribution is 2.37. The number of hydrogen-bond donors (Lipinski definition) is 3. The summed E-state index contributed by atoms with van der Waals surface area (Å²) in [7, 11) is 0. The van der Waals surface area contributed by atoms with Gasteiger partial charge in [0.1, 0.15) is 0 Å². The van der Waals surface area contributed by atoms with Crippen molar-refractivity contribution >= 4 is 0 Å². The first-order valence-electron chi connectivity index (χ1n) is 11.2. The van der Waals surface area contributed by atoms with E-state index in [1.165, 1.54) is 11.1 Å². The summed E-state index contributed by atoms with van der Waals surface area (Å²) in [6.45, 7) is 4.66. The van der Waals surface area contributed by atoms with Gasteiger partial charge in [0.15, 0.2) is 0 Å². The van der Waals surface area contributed by atoms with E-state index in [0.29, 0.717) is 18.6 Å². The number of benzene rings is 2. The van der Waals surface area contributed by atoms with Crippen molar-refractivity contribution in [2.75, 3.05) is 32.8 Å². The average Bonchev–Trinajstić information content (AvgIpc) is 3.25. The fourth-order valence-corrected chi connectivity index (χ4v) is 5.06. The van der Waals surface area contributed by atoms with E-state index in [1.807, 2.05) is 0 Å². The Balaban J connectivity index is 1.26. The predicted molar refractivity (Wildman–Crippen MR) is 118 cm³/mol. The first-order valence-corrected chi connectivity index (χ1v) is 11.2. The van der Waals surface area contributed by atoms with Gasteiger partial charge >= 0.3 is 0 Å². The second-order valence-electron chi connectivity index (χ2n) is 8.97. The van der Waals surface area contributed by atoms with Gasteiger partial charge in [0.2, 0.25) is 0 Å². The monoisotopic (exact) mass is 393 g/mol. The van der Waals surface area contributed by atoms with E-state index >= 15 is 0 Å². The number of nitrogens with one attached hydrogen (secondary N) is 2. The largest absolute Gasteiger partial charge is 0.396 e. The quantitative estimate of drug-likeness (QED) is 0.642. The Bertz CT molecular complexity index is 728. The number of hydrazine groups is 1. The minimum absolute atomic E-state index is 0.121. The fourth-order valence-electron chi connectivity index (χ4n) is 5.06. The molecule has 4 rings (SSSR count). The van der Waals surface area contributed by atoms with E-state index in [2.05, 4.69) is 76.4 Å². The molecule has 29 heavy (non-hydrogen) atoms. The van der Waals surface area contributed by atoms with Gasteiger partial charge in [-0.25, -0.2) is 5.43 Å². The zero-order valence-electron chi connectivity index (χ0n) is 17.4. The van der Waals surface area contributed by atoms with Crippen molar-refractivity contribution in [2.24, 2.45) is 11.3 Å². The number of aryl methyl sites for hydroxylation is 1. The summed E-state index contributed by atoms with van der Waals surface area (Å²) >= 11 is 0. The van der Waals surface area contributed by atoms with Crippen LogP contribution in [0.25, 0.3) is 0 Å². The number of piperidine rings is 1. The summed E-state index contributed by atoms with van der Waals surface area (Å²) in [5.41, 5.74) is 9.73. The molecule has 156 valence electrons. The Morgan fingerprint density at radius 3 is 2.34 bits per heavy atom. The molecule has 0 aliphatic carbocycles. The van der Waals surface area contributed by atoms with E-state index in [-0.39, 0.29) is 5.41 Å². The lowest BCUT2D eigenvalue weighted by Gasteiger charge is -2.42. The molecule has 2 aliphatic heterocycles. The minimum Gasteiger partial charge on any atom is -0.396 e. The Morgan fingerprint density at radius 1 is 0.966 bits per heavy atom. The number of nitrogens with zero attached hydrogens (tertiary/aromatic N) is 1. The van der Waals surface area contributed by atoms with Crippen LogP contribution in [0, 0.1) is 11.3 Å². The highest BCUT2D eigenvalue weighted by Gasteiger charge is 2.36. The smallest absolute Gasteiger partial charge is 0.0515 e. The molecular formula is C25H35N3O. The standard InChI is InChI=1S/C25H35N3O/c29-20-25(13-7-10-21-8-3-1-4-9-21)14-16-28(17-15-25)19-23-18-26-27-24(23)22-11-5-2-6-12-22/h1-6,8-9,11-12,23-24,26-27,29H,7,10,13-20H2. The summed E-state index contributed by atoms with van der Waals surface area (Å²) < 4.78 is 0. The maximum absolute atomic E-state index is 10.2. The van der Waals surface area contributed by atoms with Crippen molar-refractivity contribution in [3.8, 4) is 0 Å². The zero-order chi connectivity index (χ0) is 19.9. The van der Waals surface area contributed by atoms with E-state index in [9.17, 15) is 5.11 Å². The summed E-state index contributed by atoms with van der Waals surface area (Å²) in [5.74, 6) is 0.581. The third kappa shape index (κ3) is 5.26. The topological polar surface area (TPSA) is 47.5 Å². The van der Waals surface area contributed by atoms with Gasteiger partial charge in [0, 0.05) is 25.6 Å². The molecule has 3 N–H and O–H groups in total. The molecule has 4 heteroatoms. The van der Waals surface area contributed by atoms with Crippen molar-refractivity contribution in [2.45, 2.75) is 38.1 Å². The van der Waals surface area contributed by atoms with Crippen molar-refractivity contribution in [3.63, 3.8) is 0 Å². The molecule has 2 aliphatic rings. The van der Waals surface area contributed by atoms with Gasteiger partial charge in [-0.05, 0) is 61.7 Å². The normalized spacial score (nSPS) is 24.6. The van der Waals surface area contributed by atoms with Crippen LogP contribution in [-0.2, 0) is 6.42 Å². The molecule has 0 saturated carbocycles. The Morgan fingerprint density at radius 2 is 1.66 bits per heavy atom. The first kappa shape index (κ1) is 20.5. The van der Waals surface area contributed by atoms with Crippen molar-refractivity contribution < 1.29 is 5.11 Å². The van der Waals surface area contributed by atoms with Gasteiger partial charge in [0.05, 0.1) is 6.04 Å². The van der Waals surface area contributed by atoms with Gasteiger partial charge in [-0.2, -0.15) is 0 Å². The van der Waals surface area contributed by atoms with Gasteiger partial charge in [-0.3, -0.25) is 5.43 Å². The Hall–Kier alpha value is -1.72. The zero-order valence-corrected chi connectivity index (χ0v) is 17.4. The van der Waals surface area contributed by atoms with E-state index in [0.717, 1.165) is 58.3 Å². The molecule has 2 fully saturated rings. The van der Waals surface area contributed by atoms with Crippen LogP contribution in [0.15, 0.2) is 60.7 Å². The molecule has 0 radical (unpaired) electrons. The Kier molecular flexibility index (Phi) is 6.98. The van der Waals surface area contributed by atoms with Gasteiger partial charge in [-0.1, -0.05) is 60.7 Å². The highest BCUT2D eigenvalue weighted by atomic mass is 16.3. The predicted octanol–water partition coefficient (Wildman–Crippen LogP) is 3.55. The van der Waals surface area contributed by atoms with Crippen LogP contribution in [0.3, 0.4) is 0 Å². The molecule has 0 spiro atoms. The van der Waals surface area contributed by atoms with Crippen LogP contribution in [-0.4, -0.2) is 42.8 Å². The lowest BCUT2D eigenvalue weighted by molar-refractivity contribution is 0.0303. The molecule has 0 bridgehead atoms. The highest BCUT2D eigenvalue weighted by molar-refractivity contribution is 5.21. The van der Waals surface area contributed by atoms with Crippen molar-refractivity contribution in [3.05, 3.63) is 71.8 Å². The number of aliphatic hydroxyl groups excluding tert-OH is 1. The van der Waals surface area contributed by atoms with Crippen molar-refractivity contribution in [1.29, 1.82) is 0 Å². The van der Waals surface area contributed by atoms with Crippen LogP contribution in [0.4, 0.5) is 0 Å². The molecule has 0 amide bonds. The van der Waals surface area contributed by atoms with E-state index in [4.69, 9.17) is 0 Å². The number of likely N-dealkylation sites (tertiary alicyclic amines) is 1. The third-order valence-electron chi connectivity index (χ3n) is 7.01. The number of hydrogen-bond acceptors (Lipinski definition) is 4. The Labute approximate surface area is 175 Å². The first-order chi connectivity index (χ1) is 14.3. The molecule has 0 aromatic heterocycles.